The van der Waals surface area contributed by atoms with E-state index < -0.39 is 11.5 Å². The Labute approximate surface area is 192 Å². The molecule has 1 aromatic heterocycles. The Morgan fingerprint density at radius 2 is 1.59 bits per heavy atom. The molecule has 0 spiro atoms. The first-order valence-corrected chi connectivity index (χ1v) is 12.1. The van der Waals surface area contributed by atoms with E-state index in [1.165, 1.54) is 19.3 Å². The summed E-state index contributed by atoms with van der Waals surface area (Å²) in [7, 11) is 0. The molecule has 3 heterocycles. The zero-order valence-corrected chi connectivity index (χ0v) is 20.2. The van der Waals surface area contributed by atoms with E-state index >= 15 is 0 Å². The number of carbonyl (C=O) groups is 2. The molecule has 2 aliphatic rings. The van der Waals surface area contributed by atoms with Gasteiger partial charge in [0, 0.05) is 31.9 Å². The summed E-state index contributed by atoms with van der Waals surface area (Å²) in [5, 5.41) is 0. The number of hydrogen-bond acceptors (Lipinski definition) is 5. The highest BCUT2D eigenvalue weighted by molar-refractivity contribution is 5.97. The SMILES string of the molecule is Cc1ccc(C(N)=O)c(N2CCC(CCCC3CCN(C(=O)OC(C)(C)C)CC3)CC2)n1. The number of hydrogen-bond donors (Lipinski definition) is 1. The summed E-state index contributed by atoms with van der Waals surface area (Å²) in [6, 6.07) is 3.63. The predicted molar refractivity (Wildman–Crippen MR) is 127 cm³/mol. The van der Waals surface area contributed by atoms with Crippen LogP contribution < -0.4 is 10.6 Å². The molecule has 7 nitrogen and oxygen atoms in total. The number of likely N-dealkylation sites (tertiary alicyclic amines) is 1. The standard InChI is InChI=1S/C25H40N4O3/c1-18-8-9-21(22(26)30)23(27-18)28-14-10-19(11-15-28)6-5-7-20-12-16-29(17-13-20)24(31)32-25(2,3)4/h8-9,19-20H,5-7,10-17H2,1-4H3,(H2,26,30). The number of aryl methyl sites for hydroxylation is 1. The number of rotatable bonds is 6. The lowest BCUT2D eigenvalue weighted by atomic mass is 9.87. The van der Waals surface area contributed by atoms with Crippen molar-refractivity contribution in [1.82, 2.24) is 9.88 Å². The molecule has 178 valence electrons. The van der Waals surface area contributed by atoms with Crippen molar-refractivity contribution >= 4 is 17.8 Å². The number of aromatic nitrogens is 1. The van der Waals surface area contributed by atoms with Crippen molar-refractivity contribution < 1.29 is 14.3 Å². The van der Waals surface area contributed by atoms with Gasteiger partial charge in [0.05, 0.1) is 5.56 Å². The number of piperidine rings is 2. The number of amides is 2. The molecule has 2 fully saturated rings. The summed E-state index contributed by atoms with van der Waals surface area (Å²) in [4.78, 5) is 32.7. The molecule has 2 aliphatic heterocycles. The van der Waals surface area contributed by atoms with Gasteiger partial charge in [-0.25, -0.2) is 9.78 Å². The molecule has 1 aromatic rings. The quantitative estimate of drug-likeness (QED) is 0.697. The monoisotopic (exact) mass is 444 g/mol. The highest BCUT2D eigenvalue weighted by Crippen LogP contribution is 2.30. The van der Waals surface area contributed by atoms with Crippen molar-refractivity contribution in [1.29, 1.82) is 0 Å². The van der Waals surface area contributed by atoms with Gasteiger partial charge in [-0.2, -0.15) is 0 Å². The van der Waals surface area contributed by atoms with E-state index in [0.29, 0.717) is 11.5 Å². The highest BCUT2D eigenvalue weighted by Gasteiger charge is 2.27. The third kappa shape index (κ3) is 6.84. The van der Waals surface area contributed by atoms with Crippen LogP contribution in [-0.2, 0) is 4.74 Å². The molecule has 0 saturated carbocycles. The fourth-order valence-corrected chi connectivity index (χ4v) is 4.84. The molecule has 0 aromatic carbocycles. The average molecular weight is 445 g/mol. The summed E-state index contributed by atoms with van der Waals surface area (Å²) >= 11 is 0. The lowest BCUT2D eigenvalue weighted by molar-refractivity contribution is 0.0180. The first kappa shape index (κ1) is 24.3. The molecule has 0 unspecified atom stereocenters. The van der Waals surface area contributed by atoms with Crippen LogP contribution in [0.2, 0.25) is 0 Å². The van der Waals surface area contributed by atoms with Crippen molar-refractivity contribution in [3.8, 4) is 0 Å². The van der Waals surface area contributed by atoms with E-state index in [4.69, 9.17) is 10.5 Å². The van der Waals surface area contributed by atoms with Crippen LogP contribution in [0, 0.1) is 18.8 Å². The molecular formula is C25H40N4O3. The van der Waals surface area contributed by atoms with E-state index in [1.807, 2.05) is 38.7 Å². The molecular weight excluding hydrogens is 404 g/mol. The molecule has 7 heteroatoms. The van der Waals surface area contributed by atoms with Crippen molar-refractivity contribution in [2.24, 2.45) is 17.6 Å². The van der Waals surface area contributed by atoms with Crippen molar-refractivity contribution in [2.75, 3.05) is 31.1 Å². The first-order valence-electron chi connectivity index (χ1n) is 12.1. The van der Waals surface area contributed by atoms with Gasteiger partial charge in [-0.3, -0.25) is 4.79 Å². The molecule has 0 aliphatic carbocycles. The number of pyridine rings is 1. The minimum atomic E-state index is -0.430. The van der Waals surface area contributed by atoms with Crippen LogP contribution in [0.5, 0.6) is 0 Å². The molecule has 2 amide bonds. The topological polar surface area (TPSA) is 88.8 Å². The first-order chi connectivity index (χ1) is 15.1. The second-order valence-electron chi connectivity index (χ2n) is 10.5. The van der Waals surface area contributed by atoms with Gasteiger partial charge in [-0.1, -0.05) is 19.3 Å². The Morgan fingerprint density at radius 3 is 2.12 bits per heavy atom. The van der Waals surface area contributed by atoms with E-state index in [9.17, 15) is 9.59 Å². The van der Waals surface area contributed by atoms with Gasteiger partial charge in [-0.05, 0) is 77.3 Å². The van der Waals surface area contributed by atoms with Crippen molar-refractivity contribution in [3.05, 3.63) is 23.4 Å². The number of ether oxygens (including phenoxy) is 1. The number of nitrogens with two attached hydrogens (primary N) is 1. The summed E-state index contributed by atoms with van der Waals surface area (Å²) in [6.07, 6.45) is 7.98. The number of carbonyl (C=O) groups excluding carboxylic acids is 2. The summed E-state index contributed by atoms with van der Waals surface area (Å²) in [6.45, 7) is 11.2. The lowest BCUT2D eigenvalue weighted by Gasteiger charge is -2.35. The number of anilines is 1. The van der Waals surface area contributed by atoms with Gasteiger partial charge in [0.1, 0.15) is 11.4 Å². The molecule has 32 heavy (non-hydrogen) atoms. The van der Waals surface area contributed by atoms with Crippen molar-refractivity contribution in [2.45, 2.75) is 78.2 Å². The smallest absolute Gasteiger partial charge is 0.410 e. The molecule has 2 saturated heterocycles. The highest BCUT2D eigenvalue weighted by atomic mass is 16.6. The van der Waals surface area contributed by atoms with Crippen LogP contribution >= 0.6 is 0 Å². The van der Waals surface area contributed by atoms with Gasteiger partial charge >= 0.3 is 6.09 Å². The zero-order chi connectivity index (χ0) is 23.3. The Bertz CT molecular complexity index is 789. The lowest BCUT2D eigenvalue weighted by Crippen LogP contribution is -2.41. The largest absolute Gasteiger partial charge is 0.444 e. The Hall–Kier alpha value is -2.31. The van der Waals surface area contributed by atoms with Crippen LogP contribution in [0.4, 0.5) is 10.6 Å². The maximum atomic E-state index is 12.2. The molecule has 2 N–H and O–H groups in total. The normalized spacial score (nSPS) is 18.6. The van der Waals surface area contributed by atoms with Crippen LogP contribution in [0.1, 0.15) is 81.8 Å². The maximum Gasteiger partial charge on any atom is 0.410 e. The van der Waals surface area contributed by atoms with E-state index in [0.717, 1.165) is 69.3 Å². The molecule has 3 rings (SSSR count). The Kier molecular flexibility index (Phi) is 8.01. The van der Waals surface area contributed by atoms with Crippen LogP contribution in [0.25, 0.3) is 0 Å². The van der Waals surface area contributed by atoms with E-state index in [2.05, 4.69) is 9.88 Å². The van der Waals surface area contributed by atoms with Gasteiger partial charge < -0.3 is 20.3 Å². The third-order valence-electron chi connectivity index (χ3n) is 6.68. The summed E-state index contributed by atoms with van der Waals surface area (Å²) < 4.78 is 5.49. The van der Waals surface area contributed by atoms with Gasteiger partial charge in [0.25, 0.3) is 5.91 Å². The summed E-state index contributed by atoms with van der Waals surface area (Å²) in [5.74, 6) is 1.78. The Morgan fingerprint density at radius 1 is 1.03 bits per heavy atom. The minimum absolute atomic E-state index is 0.176. The number of nitrogens with zero attached hydrogens (tertiary/aromatic N) is 3. The Balaban J connectivity index is 1.37. The molecule has 0 radical (unpaired) electrons. The second-order valence-corrected chi connectivity index (χ2v) is 10.5. The fraction of sp³-hybridized carbons (Fsp3) is 0.720. The fourth-order valence-electron chi connectivity index (χ4n) is 4.84. The third-order valence-corrected chi connectivity index (χ3v) is 6.68. The number of primary amides is 1. The molecule has 0 bridgehead atoms. The van der Waals surface area contributed by atoms with Gasteiger partial charge in [0.15, 0.2) is 0 Å². The van der Waals surface area contributed by atoms with Gasteiger partial charge in [-0.15, -0.1) is 0 Å². The average Bonchev–Trinajstić information content (AvgIpc) is 2.73. The summed E-state index contributed by atoms with van der Waals surface area (Å²) in [5.41, 5.74) is 6.55. The minimum Gasteiger partial charge on any atom is -0.444 e. The van der Waals surface area contributed by atoms with Crippen molar-refractivity contribution in [3.63, 3.8) is 0 Å². The van der Waals surface area contributed by atoms with E-state index in [-0.39, 0.29) is 6.09 Å². The maximum absolute atomic E-state index is 12.2. The van der Waals surface area contributed by atoms with Crippen LogP contribution in [0.3, 0.4) is 0 Å². The molecule has 0 atom stereocenters. The van der Waals surface area contributed by atoms with E-state index in [1.54, 1.807) is 6.07 Å². The van der Waals surface area contributed by atoms with Gasteiger partial charge in [0.2, 0.25) is 0 Å². The van der Waals surface area contributed by atoms with Crippen LogP contribution in [-0.4, -0.2) is 53.7 Å². The second kappa shape index (κ2) is 10.5. The predicted octanol–water partition coefficient (Wildman–Crippen LogP) is 4.52. The zero-order valence-electron chi connectivity index (χ0n) is 20.2. The van der Waals surface area contributed by atoms with Crippen LogP contribution in [0.15, 0.2) is 12.1 Å².